The normalized spacial score (nSPS) is 17.4. The Bertz CT molecular complexity index is 251. The summed E-state index contributed by atoms with van der Waals surface area (Å²) in [6.45, 7) is 11.4. The quantitative estimate of drug-likeness (QED) is 0.401. The minimum absolute atomic E-state index is 0.340. The molecule has 0 aromatic rings. The van der Waals surface area contributed by atoms with Crippen molar-refractivity contribution in [3.05, 3.63) is 12.7 Å². The van der Waals surface area contributed by atoms with Gasteiger partial charge >= 0.3 is 5.97 Å². The van der Waals surface area contributed by atoms with Gasteiger partial charge in [0.25, 0.3) is 0 Å². The Morgan fingerprint density at radius 2 is 1.94 bits per heavy atom. The fraction of sp³-hybridized carbons (Fsp3) is 0.750. The lowest BCUT2D eigenvalue weighted by Gasteiger charge is -2.31. The zero-order valence-electron chi connectivity index (χ0n) is 10.6. The smallest absolute Gasteiger partial charge is 0.305 e. The first kappa shape index (κ1) is 15.1. The van der Waals surface area contributed by atoms with Gasteiger partial charge in [0.1, 0.15) is 6.17 Å². The van der Waals surface area contributed by atoms with Gasteiger partial charge in [-0.2, -0.15) is 0 Å². The molecule has 0 aliphatic rings. The van der Waals surface area contributed by atoms with Gasteiger partial charge in [0.05, 0.1) is 6.10 Å². The third-order valence-electron chi connectivity index (χ3n) is 2.33. The topological polar surface area (TPSA) is 35.5 Å². The van der Waals surface area contributed by atoms with Crippen molar-refractivity contribution in [2.24, 2.45) is 5.92 Å². The molecular formula is C12H21FO3. The number of ether oxygens (including phenoxy) is 2. The Labute approximate surface area is 96.6 Å². The maximum Gasteiger partial charge on any atom is 0.305 e. The van der Waals surface area contributed by atoms with E-state index >= 15 is 0 Å². The molecule has 0 fully saturated rings. The first-order valence-electron chi connectivity index (χ1n) is 5.33. The largest absolute Gasteiger partial charge is 0.434 e. The highest BCUT2D eigenvalue weighted by Crippen LogP contribution is 2.22. The van der Waals surface area contributed by atoms with Gasteiger partial charge in [-0.3, -0.25) is 4.79 Å². The molecule has 0 N–H and O–H groups in total. The average Bonchev–Trinajstić information content (AvgIpc) is 2.12. The van der Waals surface area contributed by atoms with Crippen LogP contribution in [-0.2, 0) is 14.3 Å². The van der Waals surface area contributed by atoms with Crippen LogP contribution >= 0.6 is 0 Å². The first-order chi connectivity index (χ1) is 7.19. The molecular weight excluding hydrogens is 211 g/mol. The highest BCUT2D eigenvalue weighted by molar-refractivity contribution is 5.66. The van der Waals surface area contributed by atoms with E-state index in [0.29, 0.717) is 0 Å². The molecule has 0 bridgehead atoms. The molecule has 3 atom stereocenters. The minimum Gasteiger partial charge on any atom is -0.434 e. The summed E-state index contributed by atoms with van der Waals surface area (Å²) >= 11 is 0. The second-order valence-corrected chi connectivity index (χ2v) is 4.36. The van der Waals surface area contributed by atoms with Crippen LogP contribution in [0.1, 0.15) is 34.6 Å². The maximum atomic E-state index is 13.3. The number of esters is 1. The highest BCUT2D eigenvalue weighted by atomic mass is 19.1. The number of halogens is 1. The van der Waals surface area contributed by atoms with Gasteiger partial charge in [-0.25, -0.2) is 4.39 Å². The van der Waals surface area contributed by atoms with Crippen LogP contribution in [0.15, 0.2) is 12.7 Å². The summed E-state index contributed by atoms with van der Waals surface area (Å²) in [5.74, 6) is -1.81. The third-order valence-corrected chi connectivity index (χ3v) is 2.33. The van der Waals surface area contributed by atoms with Crippen LogP contribution in [0.5, 0.6) is 0 Å². The molecule has 4 heteroatoms. The molecule has 16 heavy (non-hydrogen) atoms. The molecule has 0 aliphatic carbocycles. The molecule has 0 aliphatic heterocycles. The van der Waals surface area contributed by atoms with Crippen molar-refractivity contribution in [3.63, 3.8) is 0 Å². The number of allylic oxidation sites excluding steroid dienone is 1. The van der Waals surface area contributed by atoms with Crippen LogP contribution < -0.4 is 0 Å². The van der Waals surface area contributed by atoms with Crippen molar-refractivity contribution in [1.29, 1.82) is 0 Å². The van der Waals surface area contributed by atoms with Gasteiger partial charge < -0.3 is 9.47 Å². The lowest BCUT2D eigenvalue weighted by atomic mass is 10.0. The van der Waals surface area contributed by atoms with Gasteiger partial charge in [-0.05, 0) is 6.92 Å². The van der Waals surface area contributed by atoms with E-state index < -0.39 is 17.9 Å². The van der Waals surface area contributed by atoms with E-state index in [1.54, 1.807) is 27.7 Å². The van der Waals surface area contributed by atoms with E-state index in [9.17, 15) is 9.18 Å². The average molecular weight is 232 g/mol. The summed E-state index contributed by atoms with van der Waals surface area (Å²) in [4.78, 5) is 10.8. The molecule has 1 unspecified atom stereocenters. The van der Waals surface area contributed by atoms with E-state index in [-0.39, 0.29) is 12.0 Å². The number of carbonyl (C=O) groups is 1. The van der Waals surface area contributed by atoms with Crippen molar-refractivity contribution in [1.82, 2.24) is 0 Å². The van der Waals surface area contributed by atoms with Gasteiger partial charge in [0.2, 0.25) is 5.79 Å². The van der Waals surface area contributed by atoms with Crippen molar-refractivity contribution in [3.8, 4) is 0 Å². The predicted octanol–water partition coefficient (Wildman–Crippen LogP) is 2.85. The van der Waals surface area contributed by atoms with Crippen molar-refractivity contribution in [2.45, 2.75) is 52.7 Å². The minimum atomic E-state index is -1.14. The Morgan fingerprint density at radius 3 is 2.31 bits per heavy atom. The monoisotopic (exact) mass is 232 g/mol. The molecule has 0 aromatic heterocycles. The van der Waals surface area contributed by atoms with Crippen LogP contribution in [0.2, 0.25) is 0 Å². The number of hydrogen-bond donors (Lipinski definition) is 0. The highest BCUT2D eigenvalue weighted by Gasteiger charge is 2.29. The first-order valence-corrected chi connectivity index (χ1v) is 5.33. The standard InChI is InChI=1S/C12H21FO3/c1-7-11(13)8(2)9(3)15-12(5,6)16-10(4)14/h7-9,11H,1H2,2-6H3/t8-,9-,11?/m1/s1. The molecule has 0 amide bonds. The molecule has 0 saturated carbocycles. The van der Waals surface area contributed by atoms with E-state index in [1.807, 2.05) is 0 Å². The number of carbonyl (C=O) groups excluding carboxylic acids is 1. The van der Waals surface area contributed by atoms with Crippen LogP contribution in [0.3, 0.4) is 0 Å². The van der Waals surface area contributed by atoms with Gasteiger partial charge in [-0.15, -0.1) is 6.58 Å². The maximum absolute atomic E-state index is 13.3. The summed E-state index contributed by atoms with van der Waals surface area (Å²) in [5.41, 5.74) is 0. The predicted molar refractivity (Wildman–Crippen MR) is 60.6 cm³/mol. The Morgan fingerprint density at radius 1 is 1.44 bits per heavy atom. The third kappa shape index (κ3) is 5.26. The lowest BCUT2D eigenvalue weighted by Crippen LogP contribution is -2.38. The molecule has 0 rings (SSSR count). The second-order valence-electron chi connectivity index (χ2n) is 4.36. The van der Waals surface area contributed by atoms with Gasteiger partial charge in [-0.1, -0.05) is 13.0 Å². The summed E-state index contributed by atoms with van der Waals surface area (Å²) in [7, 11) is 0. The van der Waals surface area contributed by atoms with Gasteiger partial charge in [0.15, 0.2) is 0 Å². The summed E-state index contributed by atoms with van der Waals surface area (Å²) in [6.07, 6.45) is -0.269. The van der Waals surface area contributed by atoms with Crippen molar-refractivity contribution in [2.75, 3.05) is 0 Å². The fourth-order valence-electron chi connectivity index (χ4n) is 1.40. The molecule has 0 radical (unpaired) electrons. The number of hydrogen-bond acceptors (Lipinski definition) is 3. The SMILES string of the molecule is C=CC(F)[C@H](C)[C@@H](C)OC(C)(C)OC(C)=O. The fourth-order valence-corrected chi connectivity index (χ4v) is 1.40. The van der Waals surface area contributed by atoms with E-state index in [2.05, 4.69) is 6.58 Å². The Hall–Kier alpha value is -0.900. The number of alkyl halides is 1. The van der Waals surface area contributed by atoms with Gasteiger partial charge in [0, 0.05) is 26.7 Å². The Balaban J connectivity index is 4.36. The zero-order chi connectivity index (χ0) is 12.9. The molecule has 94 valence electrons. The van der Waals surface area contributed by atoms with Crippen LogP contribution in [0, 0.1) is 5.92 Å². The van der Waals surface area contributed by atoms with E-state index in [0.717, 1.165) is 0 Å². The summed E-state index contributed by atoms with van der Waals surface area (Å²) < 4.78 is 23.8. The van der Waals surface area contributed by atoms with E-state index in [4.69, 9.17) is 9.47 Å². The van der Waals surface area contributed by atoms with E-state index in [1.165, 1.54) is 13.0 Å². The lowest BCUT2D eigenvalue weighted by molar-refractivity contribution is -0.236. The Kier molecular flexibility index (Phi) is 5.65. The van der Waals surface area contributed by atoms with Crippen LogP contribution in [-0.4, -0.2) is 24.0 Å². The number of rotatable bonds is 6. The molecule has 0 spiro atoms. The van der Waals surface area contributed by atoms with Crippen LogP contribution in [0.4, 0.5) is 4.39 Å². The molecule has 0 saturated heterocycles. The molecule has 0 heterocycles. The van der Waals surface area contributed by atoms with Crippen LogP contribution in [0.25, 0.3) is 0 Å². The molecule has 3 nitrogen and oxygen atoms in total. The van der Waals surface area contributed by atoms with Crippen molar-refractivity contribution < 1.29 is 18.7 Å². The second kappa shape index (κ2) is 5.99. The zero-order valence-corrected chi connectivity index (χ0v) is 10.6. The molecule has 0 aromatic carbocycles. The van der Waals surface area contributed by atoms with Crippen molar-refractivity contribution >= 4 is 5.97 Å². The summed E-state index contributed by atoms with van der Waals surface area (Å²) in [5, 5.41) is 0. The summed E-state index contributed by atoms with van der Waals surface area (Å²) in [6, 6.07) is 0.